The maximum atomic E-state index is 11.9. The SMILES string of the molecule is CC(=O)CCC(=O)NC1CCN(S(=O)(=O)N(C)C)CC1. The molecular formula is C12H23N3O4S. The van der Waals surface area contributed by atoms with Crippen LogP contribution < -0.4 is 5.32 Å². The average molecular weight is 305 g/mol. The van der Waals surface area contributed by atoms with Crippen molar-refractivity contribution in [2.45, 2.75) is 38.6 Å². The molecular weight excluding hydrogens is 282 g/mol. The highest BCUT2D eigenvalue weighted by Gasteiger charge is 2.29. The van der Waals surface area contributed by atoms with Crippen molar-refractivity contribution >= 4 is 21.9 Å². The standard InChI is InChI=1S/C12H23N3O4S/c1-10(16)4-5-12(17)13-11-6-8-15(9-7-11)20(18,19)14(2)3/h11H,4-9H2,1-3H3,(H,13,17). The van der Waals surface area contributed by atoms with Crippen LogP contribution in [-0.4, -0.2) is 61.9 Å². The van der Waals surface area contributed by atoms with Crippen molar-refractivity contribution < 1.29 is 18.0 Å². The summed E-state index contributed by atoms with van der Waals surface area (Å²) in [6.07, 6.45) is 1.64. The van der Waals surface area contributed by atoms with E-state index in [1.807, 2.05) is 0 Å². The molecule has 1 N–H and O–H groups in total. The monoisotopic (exact) mass is 305 g/mol. The molecule has 1 fully saturated rings. The van der Waals surface area contributed by atoms with Crippen LogP contribution in [0, 0.1) is 0 Å². The van der Waals surface area contributed by atoms with Crippen LogP contribution in [0.2, 0.25) is 0 Å². The van der Waals surface area contributed by atoms with Gasteiger partial charge in [-0.3, -0.25) is 4.79 Å². The topological polar surface area (TPSA) is 86.8 Å². The minimum absolute atomic E-state index is 0.00737. The van der Waals surface area contributed by atoms with Gasteiger partial charge in [0.25, 0.3) is 10.2 Å². The lowest BCUT2D eigenvalue weighted by atomic mass is 10.1. The van der Waals surface area contributed by atoms with Crippen molar-refractivity contribution in [3.63, 3.8) is 0 Å². The largest absolute Gasteiger partial charge is 0.353 e. The number of amides is 1. The first-order valence-corrected chi connectivity index (χ1v) is 8.09. The zero-order chi connectivity index (χ0) is 15.3. The van der Waals surface area contributed by atoms with Gasteiger partial charge in [-0.2, -0.15) is 17.0 Å². The predicted octanol–water partition coefficient (Wildman–Crippen LogP) is -0.257. The van der Waals surface area contributed by atoms with Gasteiger partial charge in [0.15, 0.2) is 0 Å². The summed E-state index contributed by atoms with van der Waals surface area (Å²) in [6, 6.07) is -0.0110. The fourth-order valence-electron chi connectivity index (χ4n) is 2.05. The van der Waals surface area contributed by atoms with E-state index in [0.717, 1.165) is 0 Å². The Balaban J connectivity index is 2.39. The Hall–Kier alpha value is -0.990. The number of carbonyl (C=O) groups excluding carboxylic acids is 2. The smallest absolute Gasteiger partial charge is 0.281 e. The van der Waals surface area contributed by atoms with Crippen LogP contribution in [0.1, 0.15) is 32.6 Å². The number of ketones is 1. The highest BCUT2D eigenvalue weighted by Crippen LogP contribution is 2.15. The second-order valence-electron chi connectivity index (χ2n) is 5.23. The van der Waals surface area contributed by atoms with Crippen LogP contribution in [0.25, 0.3) is 0 Å². The molecule has 0 atom stereocenters. The average Bonchev–Trinajstić information content (AvgIpc) is 2.37. The molecule has 1 aliphatic heterocycles. The van der Waals surface area contributed by atoms with Gasteiger partial charge < -0.3 is 10.1 Å². The fraction of sp³-hybridized carbons (Fsp3) is 0.833. The molecule has 0 bridgehead atoms. The van der Waals surface area contributed by atoms with Crippen molar-refractivity contribution in [3.8, 4) is 0 Å². The maximum Gasteiger partial charge on any atom is 0.281 e. The molecule has 0 aromatic heterocycles. The van der Waals surface area contributed by atoms with Gasteiger partial charge in [-0.05, 0) is 19.8 Å². The first-order valence-electron chi connectivity index (χ1n) is 6.70. The van der Waals surface area contributed by atoms with Crippen LogP contribution in [0.5, 0.6) is 0 Å². The van der Waals surface area contributed by atoms with Crippen molar-refractivity contribution in [1.82, 2.24) is 13.9 Å². The summed E-state index contributed by atoms with van der Waals surface area (Å²) in [5, 5.41) is 2.85. The number of nitrogens with zero attached hydrogens (tertiary/aromatic N) is 2. The zero-order valence-electron chi connectivity index (χ0n) is 12.3. The van der Waals surface area contributed by atoms with Crippen LogP contribution >= 0.6 is 0 Å². The Morgan fingerprint density at radius 2 is 1.75 bits per heavy atom. The third kappa shape index (κ3) is 4.84. The molecule has 0 unspecified atom stereocenters. The van der Waals surface area contributed by atoms with Crippen molar-refractivity contribution in [3.05, 3.63) is 0 Å². The third-order valence-corrected chi connectivity index (χ3v) is 5.25. The van der Waals surface area contributed by atoms with E-state index in [-0.39, 0.29) is 30.6 Å². The molecule has 1 aliphatic rings. The van der Waals surface area contributed by atoms with Crippen LogP contribution in [0.3, 0.4) is 0 Å². The van der Waals surface area contributed by atoms with Crippen LogP contribution in [0.15, 0.2) is 0 Å². The van der Waals surface area contributed by atoms with E-state index in [0.29, 0.717) is 25.9 Å². The molecule has 7 nitrogen and oxygen atoms in total. The lowest BCUT2D eigenvalue weighted by Crippen LogP contribution is -2.49. The van der Waals surface area contributed by atoms with Gasteiger partial charge in [-0.1, -0.05) is 0 Å². The Bertz CT molecular complexity index is 453. The first-order chi connectivity index (χ1) is 9.23. The number of nitrogens with one attached hydrogen (secondary N) is 1. The Morgan fingerprint density at radius 1 is 1.20 bits per heavy atom. The molecule has 1 amide bonds. The molecule has 0 radical (unpaired) electrons. The Morgan fingerprint density at radius 3 is 2.20 bits per heavy atom. The van der Waals surface area contributed by atoms with Gasteiger partial charge in [-0.25, -0.2) is 0 Å². The number of hydrogen-bond acceptors (Lipinski definition) is 4. The first kappa shape index (κ1) is 17.1. The lowest BCUT2D eigenvalue weighted by molar-refractivity contribution is -0.125. The molecule has 0 aliphatic carbocycles. The van der Waals surface area contributed by atoms with Crippen LogP contribution in [-0.2, 0) is 19.8 Å². The minimum Gasteiger partial charge on any atom is -0.353 e. The summed E-state index contributed by atoms with van der Waals surface area (Å²) < 4.78 is 26.5. The normalized spacial score (nSPS) is 18.2. The highest BCUT2D eigenvalue weighted by atomic mass is 32.2. The second kappa shape index (κ2) is 7.14. The van der Waals surface area contributed by atoms with E-state index in [9.17, 15) is 18.0 Å². The van der Waals surface area contributed by atoms with Gasteiger partial charge in [0, 0.05) is 46.1 Å². The Kier molecular flexibility index (Phi) is 6.09. The molecule has 0 aromatic rings. The molecule has 0 spiro atoms. The van der Waals surface area contributed by atoms with E-state index in [2.05, 4.69) is 5.32 Å². The van der Waals surface area contributed by atoms with Gasteiger partial charge in [0.1, 0.15) is 5.78 Å². The highest BCUT2D eigenvalue weighted by molar-refractivity contribution is 7.86. The van der Waals surface area contributed by atoms with E-state index in [1.54, 1.807) is 0 Å². The van der Waals surface area contributed by atoms with Crippen LogP contribution in [0.4, 0.5) is 0 Å². The lowest BCUT2D eigenvalue weighted by Gasteiger charge is -2.33. The third-order valence-electron chi connectivity index (χ3n) is 3.31. The van der Waals surface area contributed by atoms with Crippen molar-refractivity contribution in [2.75, 3.05) is 27.2 Å². The van der Waals surface area contributed by atoms with E-state index in [1.165, 1.54) is 29.6 Å². The molecule has 0 saturated carbocycles. The zero-order valence-corrected chi connectivity index (χ0v) is 13.1. The van der Waals surface area contributed by atoms with E-state index < -0.39 is 10.2 Å². The van der Waals surface area contributed by atoms with Gasteiger partial charge in [0.05, 0.1) is 0 Å². The summed E-state index contributed by atoms with van der Waals surface area (Å²) in [6.45, 7) is 2.26. The van der Waals surface area contributed by atoms with E-state index >= 15 is 0 Å². The minimum atomic E-state index is -3.36. The number of carbonyl (C=O) groups is 2. The van der Waals surface area contributed by atoms with Crippen molar-refractivity contribution in [2.24, 2.45) is 0 Å². The molecule has 1 heterocycles. The summed E-state index contributed by atoms with van der Waals surface area (Å²) >= 11 is 0. The number of rotatable bonds is 6. The van der Waals surface area contributed by atoms with Crippen molar-refractivity contribution in [1.29, 1.82) is 0 Å². The quantitative estimate of drug-likeness (QED) is 0.732. The summed E-state index contributed by atoms with van der Waals surface area (Å²) in [7, 11) is -0.354. The molecule has 1 saturated heterocycles. The van der Waals surface area contributed by atoms with Gasteiger partial charge in [0.2, 0.25) is 5.91 Å². The van der Waals surface area contributed by atoms with E-state index in [4.69, 9.17) is 0 Å². The summed E-state index contributed by atoms with van der Waals surface area (Å²) in [5.74, 6) is -0.152. The molecule has 8 heteroatoms. The molecule has 0 aromatic carbocycles. The van der Waals surface area contributed by atoms with Gasteiger partial charge >= 0.3 is 0 Å². The molecule has 116 valence electrons. The summed E-state index contributed by atoms with van der Waals surface area (Å²) in [5.41, 5.74) is 0. The number of piperidine rings is 1. The fourth-order valence-corrected chi connectivity index (χ4v) is 3.19. The van der Waals surface area contributed by atoms with Gasteiger partial charge in [-0.15, -0.1) is 0 Å². The Labute approximate surface area is 120 Å². The number of Topliss-reactive ketones (excluding diaryl/α,β-unsaturated/α-hetero) is 1. The summed E-state index contributed by atoms with van der Waals surface area (Å²) in [4.78, 5) is 22.4. The maximum absolute atomic E-state index is 11.9. The second-order valence-corrected chi connectivity index (χ2v) is 7.38. The molecule has 20 heavy (non-hydrogen) atoms. The predicted molar refractivity (Wildman–Crippen MR) is 75.3 cm³/mol. The molecule has 1 rings (SSSR count). The number of hydrogen-bond donors (Lipinski definition) is 1.